The molecule has 4 heteroatoms. The number of nitrogens with one attached hydrogen (secondary N) is 1. The van der Waals surface area contributed by atoms with Crippen LogP contribution >= 0.6 is 0 Å². The molecule has 1 unspecified atom stereocenters. The average Bonchev–Trinajstić information content (AvgIpc) is 2.27. The molecule has 0 spiro atoms. The van der Waals surface area contributed by atoms with Crippen LogP contribution in [0.5, 0.6) is 0 Å². The van der Waals surface area contributed by atoms with Crippen molar-refractivity contribution in [2.45, 2.75) is 6.04 Å². The van der Waals surface area contributed by atoms with Gasteiger partial charge in [-0.15, -0.1) is 0 Å². The highest BCUT2D eigenvalue weighted by molar-refractivity contribution is 6.09. The fourth-order valence-corrected chi connectivity index (χ4v) is 0.927. The number of fused-ring (bicyclic) bond motifs is 1. The molecule has 0 aromatic rings. The summed E-state index contributed by atoms with van der Waals surface area (Å²) in [5.41, 5.74) is 0. The van der Waals surface area contributed by atoms with Gasteiger partial charge in [0.05, 0.1) is 0 Å². The molecule has 0 aromatic carbocycles. The van der Waals surface area contributed by atoms with Gasteiger partial charge in [0.15, 0.2) is 5.84 Å². The van der Waals surface area contributed by atoms with E-state index in [0.29, 0.717) is 5.84 Å². The van der Waals surface area contributed by atoms with Crippen LogP contribution in [0, 0.1) is 0 Å². The highest BCUT2D eigenvalue weighted by Gasteiger charge is 2.23. The van der Waals surface area contributed by atoms with Crippen molar-refractivity contribution < 1.29 is 4.79 Å². The molecule has 0 saturated carbocycles. The summed E-state index contributed by atoms with van der Waals surface area (Å²) in [6, 6.07) is -0.388. The van der Waals surface area contributed by atoms with Crippen LogP contribution in [0.1, 0.15) is 0 Å². The lowest BCUT2D eigenvalue weighted by Gasteiger charge is -2.05. The number of rotatable bonds is 0. The Balaban J connectivity index is 2.37. The summed E-state index contributed by atoms with van der Waals surface area (Å²) in [6.07, 6.45) is 5.25. The van der Waals surface area contributed by atoms with Crippen LogP contribution in [-0.2, 0) is 0 Å². The first-order chi connectivity index (χ1) is 4.86. The number of amidine groups is 1. The summed E-state index contributed by atoms with van der Waals surface area (Å²) in [7, 11) is 0. The minimum absolute atomic E-state index is 0.0856. The number of amides is 2. The van der Waals surface area contributed by atoms with Gasteiger partial charge in [0.25, 0.3) is 0 Å². The SMILES string of the molecule is O=C1N=C2N=CC=CC2N1. The van der Waals surface area contributed by atoms with E-state index in [1.807, 2.05) is 6.08 Å². The fraction of sp³-hybridized carbons (Fsp3) is 0.167. The lowest BCUT2D eigenvalue weighted by Crippen LogP contribution is -2.30. The number of urea groups is 1. The Hall–Kier alpha value is -1.45. The zero-order chi connectivity index (χ0) is 6.97. The normalized spacial score (nSPS) is 27.8. The maximum atomic E-state index is 10.6. The summed E-state index contributed by atoms with van der Waals surface area (Å²) in [6.45, 7) is 0. The summed E-state index contributed by atoms with van der Waals surface area (Å²) in [5.74, 6) is 0.563. The maximum Gasteiger partial charge on any atom is 0.343 e. The molecule has 1 atom stereocenters. The van der Waals surface area contributed by atoms with Crippen molar-refractivity contribution in [3.63, 3.8) is 0 Å². The number of hydrogen-bond acceptors (Lipinski definition) is 2. The summed E-state index contributed by atoms with van der Waals surface area (Å²) < 4.78 is 0. The predicted molar refractivity (Wildman–Crippen MR) is 37.4 cm³/mol. The molecule has 2 amide bonds. The second kappa shape index (κ2) is 1.76. The van der Waals surface area contributed by atoms with E-state index in [2.05, 4.69) is 15.3 Å². The van der Waals surface area contributed by atoms with Crippen molar-refractivity contribution in [3.8, 4) is 0 Å². The monoisotopic (exact) mass is 135 g/mol. The average molecular weight is 135 g/mol. The Kier molecular flexibility index (Phi) is 0.943. The van der Waals surface area contributed by atoms with E-state index in [9.17, 15) is 4.79 Å². The first-order valence-corrected chi connectivity index (χ1v) is 2.96. The topological polar surface area (TPSA) is 53.8 Å². The van der Waals surface area contributed by atoms with Crippen molar-refractivity contribution in [2.75, 3.05) is 0 Å². The molecule has 2 aliphatic rings. The van der Waals surface area contributed by atoms with Gasteiger partial charge in [0.1, 0.15) is 6.04 Å². The predicted octanol–water partition coefficient (Wildman–Crippen LogP) is 0.117. The van der Waals surface area contributed by atoms with Gasteiger partial charge in [-0.3, -0.25) is 0 Å². The number of hydrogen-bond donors (Lipinski definition) is 1. The van der Waals surface area contributed by atoms with Crippen LogP contribution in [-0.4, -0.2) is 24.1 Å². The molecule has 0 aromatic heterocycles. The third kappa shape index (κ3) is 0.655. The van der Waals surface area contributed by atoms with E-state index in [0.717, 1.165) is 0 Å². The van der Waals surface area contributed by atoms with Gasteiger partial charge in [-0.05, 0) is 6.08 Å². The number of allylic oxidation sites excluding steroid dienone is 1. The Morgan fingerprint density at radius 3 is 3.30 bits per heavy atom. The Bertz CT molecular complexity index is 264. The smallest absolute Gasteiger partial charge is 0.323 e. The number of dihydropyridines is 1. The van der Waals surface area contributed by atoms with Crippen LogP contribution in [0.25, 0.3) is 0 Å². The van der Waals surface area contributed by atoms with Gasteiger partial charge < -0.3 is 5.32 Å². The number of nitrogens with zero attached hydrogens (tertiary/aromatic N) is 2. The van der Waals surface area contributed by atoms with E-state index in [-0.39, 0.29) is 12.1 Å². The molecule has 0 saturated heterocycles. The molecule has 1 N–H and O–H groups in total. The quantitative estimate of drug-likeness (QED) is 0.503. The zero-order valence-corrected chi connectivity index (χ0v) is 5.11. The van der Waals surface area contributed by atoms with Crippen molar-refractivity contribution in [3.05, 3.63) is 12.2 Å². The molecule has 50 valence electrons. The standard InChI is InChI=1S/C6H5N3O/c10-6-8-4-2-1-3-7-5(4)9-6/h1-4H,(H,8,10). The Morgan fingerprint density at radius 1 is 1.60 bits per heavy atom. The summed E-state index contributed by atoms with van der Waals surface area (Å²) in [4.78, 5) is 18.1. The molecule has 0 bridgehead atoms. The third-order valence-corrected chi connectivity index (χ3v) is 1.37. The van der Waals surface area contributed by atoms with Crippen LogP contribution in [0.15, 0.2) is 22.1 Å². The molecule has 0 radical (unpaired) electrons. The molecular weight excluding hydrogens is 130 g/mol. The summed E-state index contributed by atoms with van der Waals surface area (Å²) >= 11 is 0. The summed E-state index contributed by atoms with van der Waals surface area (Å²) in [5, 5.41) is 2.61. The Morgan fingerprint density at radius 2 is 2.50 bits per heavy atom. The van der Waals surface area contributed by atoms with Crippen LogP contribution < -0.4 is 5.32 Å². The van der Waals surface area contributed by atoms with Gasteiger partial charge in [-0.2, -0.15) is 4.99 Å². The molecule has 10 heavy (non-hydrogen) atoms. The number of aliphatic imine (C=N–C) groups is 2. The first kappa shape index (κ1) is 5.34. The van der Waals surface area contributed by atoms with E-state index in [1.165, 1.54) is 0 Å². The molecule has 2 rings (SSSR count). The highest BCUT2D eigenvalue weighted by Crippen LogP contribution is 2.05. The number of carbonyl (C=O) groups excluding carboxylic acids is 1. The lowest BCUT2D eigenvalue weighted by atomic mass is 10.2. The third-order valence-electron chi connectivity index (χ3n) is 1.37. The fourth-order valence-electron chi connectivity index (χ4n) is 0.927. The van der Waals surface area contributed by atoms with Crippen LogP contribution in [0.2, 0.25) is 0 Å². The number of carbonyl (C=O) groups is 1. The largest absolute Gasteiger partial charge is 0.343 e. The van der Waals surface area contributed by atoms with Crippen LogP contribution in [0.3, 0.4) is 0 Å². The van der Waals surface area contributed by atoms with Gasteiger partial charge in [0.2, 0.25) is 0 Å². The molecule has 0 fully saturated rings. The molecular formula is C6H5N3O. The van der Waals surface area contributed by atoms with E-state index < -0.39 is 0 Å². The maximum absolute atomic E-state index is 10.6. The van der Waals surface area contributed by atoms with Crippen molar-refractivity contribution in [1.29, 1.82) is 0 Å². The van der Waals surface area contributed by atoms with Gasteiger partial charge in [0, 0.05) is 6.21 Å². The van der Waals surface area contributed by atoms with E-state index in [1.54, 1.807) is 12.3 Å². The van der Waals surface area contributed by atoms with E-state index in [4.69, 9.17) is 0 Å². The lowest BCUT2D eigenvalue weighted by molar-refractivity contribution is 0.251. The zero-order valence-electron chi connectivity index (χ0n) is 5.11. The Labute approximate surface area is 57.4 Å². The van der Waals surface area contributed by atoms with Crippen LogP contribution in [0.4, 0.5) is 4.79 Å². The molecule has 0 aliphatic carbocycles. The highest BCUT2D eigenvalue weighted by atomic mass is 16.2. The minimum Gasteiger partial charge on any atom is -0.323 e. The second-order valence-electron chi connectivity index (χ2n) is 2.06. The van der Waals surface area contributed by atoms with Gasteiger partial charge >= 0.3 is 6.03 Å². The molecule has 2 aliphatic heterocycles. The first-order valence-electron chi connectivity index (χ1n) is 2.96. The van der Waals surface area contributed by atoms with Crippen molar-refractivity contribution in [2.24, 2.45) is 9.98 Å². The van der Waals surface area contributed by atoms with Gasteiger partial charge in [-0.25, -0.2) is 9.79 Å². The molecule has 4 nitrogen and oxygen atoms in total. The minimum atomic E-state index is -0.302. The van der Waals surface area contributed by atoms with Crippen molar-refractivity contribution in [1.82, 2.24) is 5.32 Å². The van der Waals surface area contributed by atoms with Crippen molar-refractivity contribution >= 4 is 18.1 Å². The van der Waals surface area contributed by atoms with Gasteiger partial charge in [-0.1, -0.05) is 6.08 Å². The second-order valence-corrected chi connectivity index (χ2v) is 2.06. The van der Waals surface area contributed by atoms with E-state index >= 15 is 0 Å². The molecule has 2 heterocycles.